The minimum Gasteiger partial charge on any atom is -0.478 e. The van der Waals surface area contributed by atoms with Gasteiger partial charge in [-0.25, -0.2) is 14.4 Å². The quantitative estimate of drug-likeness (QED) is 0.253. The van der Waals surface area contributed by atoms with Gasteiger partial charge in [0.2, 0.25) is 0 Å². The van der Waals surface area contributed by atoms with Gasteiger partial charge in [0.15, 0.2) is 0 Å². The fourth-order valence-electron chi connectivity index (χ4n) is 1.17. The number of aliphatic hydroxyl groups is 3. The second kappa shape index (κ2) is 23.7. The molecule has 0 heterocycles. The molecule has 31 heavy (non-hydrogen) atoms. The second-order valence-electron chi connectivity index (χ2n) is 6.30. The van der Waals surface area contributed by atoms with Crippen molar-refractivity contribution in [3.8, 4) is 0 Å². The van der Waals surface area contributed by atoms with E-state index in [9.17, 15) is 14.4 Å². The first-order chi connectivity index (χ1) is 14.2. The van der Waals surface area contributed by atoms with Gasteiger partial charge in [0, 0.05) is 42.5 Å². The van der Waals surface area contributed by atoms with Crippen molar-refractivity contribution in [3.05, 3.63) is 36.5 Å². The normalized spacial score (nSPS) is 10.9. The SMILES string of the molecule is C=C(C)C(=O)O.C=C(C)C(=O)O.C=C(C)C(=O)O.CCCOC(CO)C(CO)CCO. The number of aliphatic carboxylic acids is 3. The topological polar surface area (TPSA) is 182 Å². The maximum absolute atomic E-state index is 9.60. The molecule has 0 saturated heterocycles. The highest BCUT2D eigenvalue weighted by molar-refractivity contribution is 5.85. The van der Waals surface area contributed by atoms with Gasteiger partial charge in [0.1, 0.15) is 0 Å². The van der Waals surface area contributed by atoms with Crippen LogP contribution < -0.4 is 0 Å². The number of carboxylic acid groups (broad SMARTS) is 3. The molecular formula is C21H38O10. The summed E-state index contributed by atoms with van der Waals surface area (Å²) in [6, 6.07) is 0. The number of carboxylic acids is 3. The average Bonchev–Trinajstić information content (AvgIpc) is 2.68. The van der Waals surface area contributed by atoms with Crippen LogP contribution in [-0.2, 0) is 19.1 Å². The number of aliphatic hydroxyl groups excluding tert-OH is 3. The second-order valence-corrected chi connectivity index (χ2v) is 6.30. The molecule has 0 aliphatic heterocycles. The molecule has 0 aliphatic rings. The molecule has 0 aromatic carbocycles. The van der Waals surface area contributed by atoms with Crippen molar-refractivity contribution >= 4 is 17.9 Å². The van der Waals surface area contributed by atoms with Crippen LogP contribution in [-0.4, -0.2) is 81.1 Å². The van der Waals surface area contributed by atoms with Gasteiger partial charge in [0.25, 0.3) is 0 Å². The first-order valence-corrected chi connectivity index (χ1v) is 9.33. The van der Waals surface area contributed by atoms with E-state index in [2.05, 4.69) is 19.7 Å². The van der Waals surface area contributed by atoms with Gasteiger partial charge in [-0.15, -0.1) is 0 Å². The van der Waals surface area contributed by atoms with Gasteiger partial charge in [-0.1, -0.05) is 26.7 Å². The Bertz CT molecular complexity index is 461. The number of carbonyl (C=O) groups is 3. The molecule has 0 aliphatic carbocycles. The van der Waals surface area contributed by atoms with Crippen LogP contribution in [0.3, 0.4) is 0 Å². The number of ether oxygens (including phenoxy) is 1. The Kier molecular flexibility index (Phi) is 27.5. The summed E-state index contributed by atoms with van der Waals surface area (Å²) in [5.74, 6) is -2.97. The molecule has 0 saturated carbocycles. The zero-order chi connectivity index (χ0) is 25.6. The molecule has 10 heteroatoms. The molecule has 2 atom stereocenters. The van der Waals surface area contributed by atoms with Crippen LogP contribution in [0.2, 0.25) is 0 Å². The molecule has 0 aromatic rings. The molecule has 10 nitrogen and oxygen atoms in total. The Hall–Kier alpha value is -2.53. The van der Waals surface area contributed by atoms with Gasteiger partial charge in [0.05, 0.1) is 12.7 Å². The Balaban J connectivity index is -0.000000171. The maximum atomic E-state index is 9.60. The third kappa shape index (κ3) is 29.8. The van der Waals surface area contributed by atoms with Gasteiger partial charge in [-0.2, -0.15) is 0 Å². The predicted octanol–water partition coefficient (Wildman–Crippen LogP) is 1.71. The number of hydrogen-bond acceptors (Lipinski definition) is 7. The standard InChI is InChI=1S/C9H20O4.3C4H6O2/c1-2-5-13-9(7-12)8(6-11)3-4-10;3*1-3(2)4(5)6/h8-12H,2-7H2,1H3;3*1H2,2H3,(H,5,6). The highest BCUT2D eigenvalue weighted by atomic mass is 16.5. The molecular weight excluding hydrogens is 412 g/mol. The molecule has 0 fully saturated rings. The summed E-state index contributed by atoms with van der Waals surface area (Å²) < 4.78 is 5.32. The van der Waals surface area contributed by atoms with Crippen molar-refractivity contribution in [1.82, 2.24) is 0 Å². The first kappa shape index (κ1) is 35.9. The van der Waals surface area contributed by atoms with Crippen molar-refractivity contribution in [2.24, 2.45) is 5.92 Å². The van der Waals surface area contributed by atoms with Crippen molar-refractivity contribution in [3.63, 3.8) is 0 Å². The van der Waals surface area contributed by atoms with Gasteiger partial charge in [-0.05, 0) is 33.6 Å². The van der Waals surface area contributed by atoms with Crippen molar-refractivity contribution in [2.75, 3.05) is 26.4 Å². The molecule has 0 spiro atoms. The number of rotatable bonds is 11. The van der Waals surface area contributed by atoms with E-state index in [-0.39, 0.29) is 48.6 Å². The van der Waals surface area contributed by atoms with E-state index >= 15 is 0 Å². The fraction of sp³-hybridized carbons (Fsp3) is 0.571. The van der Waals surface area contributed by atoms with Gasteiger partial charge in [-0.3, -0.25) is 0 Å². The molecule has 0 aromatic heterocycles. The summed E-state index contributed by atoms with van der Waals surface area (Å²) in [4.78, 5) is 28.8. The summed E-state index contributed by atoms with van der Waals surface area (Å²) in [6.45, 7) is 16.2. The highest BCUT2D eigenvalue weighted by Gasteiger charge is 2.19. The fourth-order valence-corrected chi connectivity index (χ4v) is 1.17. The lowest BCUT2D eigenvalue weighted by Gasteiger charge is -2.23. The van der Waals surface area contributed by atoms with E-state index in [1.54, 1.807) is 0 Å². The zero-order valence-electron chi connectivity index (χ0n) is 18.8. The van der Waals surface area contributed by atoms with E-state index < -0.39 is 17.9 Å². The molecule has 0 amide bonds. The van der Waals surface area contributed by atoms with E-state index in [0.717, 1.165) is 6.42 Å². The van der Waals surface area contributed by atoms with E-state index in [1.165, 1.54) is 20.8 Å². The molecule has 0 bridgehead atoms. The lowest BCUT2D eigenvalue weighted by atomic mass is 10.0. The largest absolute Gasteiger partial charge is 0.478 e. The zero-order valence-corrected chi connectivity index (χ0v) is 18.8. The van der Waals surface area contributed by atoms with Crippen molar-refractivity contribution < 1.29 is 49.8 Å². The lowest BCUT2D eigenvalue weighted by molar-refractivity contribution is -0.133. The van der Waals surface area contributed by atoms with Crippen LogP contribution >= 0.6 is 0 Å². The molecule has 2 unspecified atom stereocenters. The monoisotopic (exact) mass is 450 g/mol. The predicted molar refractivity (Wildman–Crippen MR) is 117 cm³/mol. The van der Waals surface area contributed by atoms with E-state index in [0.29, 0.717) is 13.0 Å². The minimum absolute atomic E-state index is 0.0111. The number of hydrogen-bond donors (Lipinski definition) is 6. The van der Waals surface area contributed by atoms with Crippen LogP contribution in [0.5, 0.6) is 0 Å². The Morgan fingerprint density at radius 1 is 0.774 bits per heavy atom. The lowest BCUT2D eigenvalue weighted by Crippen LogP contribution is -2.31. The van der Waals surface area contributed by atoms with Crippen LogP contribution in [0.25, 0.3) is 0 Å². The first-order valence-electron chi connectivity index (χ1n) is 9.33. The molecule has 6 N–H and O–H groups in total. The smallest absolute Gasteiger partial charge is 0.330 e. The summed E-state index contributed by atoms with van der Waals surface area (Å²) in [7, 11) is 0. The Morgan fingerprint density at radius 3 is 1.26 bits per heavy atom. The summed E-state index contributed by atoms with van der Waals surface area (Å²) in [6.07, 6.45) is 0.997. The summed E-state index contributed by atoms with van der Waals surface area (Å²) >= 11 is 0. The molecule has 0 radical (unpaired) electrons. The third-order valence-corrected chi connectivity index (χ3v) is 3.07. The Morgan fingerprint density at radius 2 is 1.10 bits per heavy atom. The van der Waals surface area contributed by atoms with Crippen LogP contribution in [0.4, 0.5) is 0 Å². The molecule has 0 rings (SSSR count). The van der Waals surface area contributed by atoms with Gasteiger partial charge >= 0.3 is 17.9 Å². The minimum atomic E-state index is -0.935. The van der Waals surface area contributed by atoms with Crippen molar-refractivity contribution in [2.45, 2.75) is 46.6 Å². The summed E-state index contributed by atoms with van der Waals surface area (Å²) in [5, 5.41) is 50.3. The summed E-state index contributed by atoms with van der Waals surface area (Å²) in [5.41, 5.74) is 0.528. The van der Waals surface area contributed by atoms with Gasteiger partial charge < -0.3 is 35.4 Å². The third-order valence-electron chi connectivity index (χ3n) is 3.07. The average molecular weight is 451 g/mol. The van der Waals surface area contributed by atoms with Crippen LogP contribution in [0, 0.1) is 5.92 Å². The Labute approximate surface area is 183 Å². The van der Waals surface area contributed by atoms with Crippen LogP contribution in [0.15, 0.2) is 36.5 Å². The van der Waals surface area contributed by atoms with E-state index in [1.807, 2.05) is 6.92 Å². The molecule has 182 valence electrons. The van der Waals surface area contributed by atoms with Crippen LogP contribution in [0.1, 0.15) is 40.5 Å². The highest BCUT2D eigenvalue weighted by Crippen LogP contribution is 2.11. The van der Waals surface area contributed by atoms with E-state index in [4.69, 9.17) is 35.4 Å². The maximum Gasteiger partial charge on any atom is 0.330 e. The van der Waals surface area contributed by atoms with Crippen molar-refractivity contribution in [1.29, 1.82) is 0 Å².